The molecule has 24 heavy (non-hydrogen) atoms. The Morgan fingerprint density at radius 1 is 0.958 bits per heavy atom. The van der Waals surface area contributed by atoms with Gasteiger partial charge in [0.1, 0.15) is 0 Å². The molecule has 0 aromatic heterocycles. The molecule has 2 amide bonds. The molecule has 0 atom stereocenters. The smallest absolute Gasteiger partial charge is 0.318 e. The molecule has 0 saturated carbocycles. The van der Waals surface area contributed by atoms with E-state index in [1.165, 1.54) is 0 Å². The lowest BCUT2D eigenvalue weighted by Crippen LogP contribution is -2.29. The number of anilines is 2. The highest BCUT2D eigenvalue weighted by Crippen LogP contribution is 2.29. The standard InChI is InChI=1S/C16H12F3IN2O2/c1-9-8-11(20)4-7-13(9)22-15(24)14(23)21-12-5-2-10(3-6-12)16(17,18)19/h2-8H,1H3,(H,21,23)(H,22,24). The maximum Gasteiger partial charge on any atom is 0.416 e. The second kappa shape index (κ2) is 7.20. The number of amides is 2. The van der Waals surface area contributed by atoms with Crippen LogP contribution in [0.25, 0.3) is 0 Å². The van der Waals surface area contributed by atoms with Crippen molar-refractivity contribution in [3.63, 3.8) is 0 Å². The molecule has 0 heterocycles. The van der Waals surface area contributed by atoms with Crippen LogP contribution in [-0.4, -0.2) is 11.8 Å². The summed E-state index contributed by atoms with van der Waals surface area (Å²) < 4.78 is 38.4. The number of nitrogens with one attached hydrogen (secondary N) is 2. The molecular weight excluding hydrogens is 436 g/mol. The van der Waals surface area contributed by atoms with E-state index >= 15 is 0 Å². The predicted molar refractivity (Wildman–Crippen MR) is 92.6 cm³/mol. The first kappa shape index (κ1) is 18.2. The average Bonchev–Trinajstić information content (AvgIpc) is 2.49. The van der Waals surface area contributed by atoms with Crippen LogP contribution >= 0.6 is 22.6 Å². The van der Waals surface area contributed by atoms with E-state index in [9.17, 15) is 22.8 Å². The molecule has 8 heteroatoms. The Bertz CT molecular complexity index is 774. The number of alkyl halides is 3. The van der Waals surface area contributed by atoms with Crippen LogP contribution in [0.1, 0.15) is 11.1 Å². The van der Waals surface area contributed by atoms with Crippen molar-refractivity contribution in [3.8, 4) is 0 Å². The molecule has 0 saturated heterocycles. The third kappa shape index (κ3) is 4.70. The summed E-state index contributed by atoms with van der Waals surface area (Å²) in [5.41, 5.74) is 0.544. The minimum atomic E-state index is -4.46. The molecule has 2 N–H and O–H groups in total. The Morgan fingerprint density at radius 3 is 2.08 bits per heavy atom. The van der Waals surface area contributed by atoms with Crippen molar-refractivity contribution < 1.29 is 22.8 Å². The SMILES string of the molecule is Cc1cc(I)ccc1NC(=O)C(=O)Nc1ccc(C(F)(F)F)cc1. The van der Waals surface area contributed by atoms with Gasteiger partial charge in [-0.3, -0.25) is 9.59 Å². The summed E-state index contributed by atoms with van der Waals surface area (Å²) in [4.78, 5) is 23.7. The van der Waals surface area contributed by atoms with Gasteiger partial charge in [-0.05, 0) is 77.5 Å². The van der Waals surface area contributed by atoms with Gasteiger partial charge in [-0.1, -0.05) is 0 Å². The molecule has 0 fully saturated rings. The van der Waals surface area contributed by atoms with E-state index in [2.05, 4.69) is 33.2 Å². The van der Waals surface area contributed by atoms with Crippen LogP contribution in [0, 0.1) is 10.5 Å². The monoisotopic (exact) mass is 448 g/mol. The zero-order valence-electron chi connectivity index (χ0n) is 12.4. The van der Waals surface area contributed by atoms with Crippen LogP contribution in [0.5, 0.6) is 0 Å². The summed E-state index contributed by atoms with van der Waals surface area (Å²) in [5, 5.41) is 4.71. The molecule has 2 aromatic rings. The number of benzene rings is 2. The van der Waals surface area contributed by atoms with Gasteiger partial charge in [0.2, 0.25) is 0 Å². The molecule has 0 aliphatic carbocycles. The minimum Gasteiger partial charge on any atom is -0.318 e. The summed E-state index contributed by atoms with van der Waals surface area (Å²) in [7, 11) is 0. The number of aryl methyl sites for hydroxylation is 1. The van der Waals surface area contributed by atoms with Crippen LogP contribution in [0.4, 0.5) is 24.5 Å². The van der Waals surface area contributed by atoms with Gasteiger partial charge in [0.25, 0.3) is 0 Å². The van der Waals surface area contributed by atoms with E-state index in [4.69, 9.17) is 0 Å². The van der Waals surface area contributed by atoms with Gasteiger partial charge in [-0.25, -0.2) is 0 Å². The molecule has 0 radical (unpaired) electrons. The quantitative estimate of drug-likeness (QED) is 0.535. The van der Waals surface area contributed by atoms with E-state index in [1.807, 2.05) is 6.07 Å². The van der Waals surface area contributed by atoms with Crippen molar-refractivity contribution in [2.45, 2.75) is 13.1 Å². The summed E-state index contributed by atoms with van der Waals surface area (Å²) in [6, 6.07) is 9.11. The highest BCUT2D eigenvalue weighted by Gasteiger charge is 2.30. The highest BCUT2D eigenvalue weighted by atomic mass is 127. The van der Waals surface area contributed by atoms with E-state index in [-0.39, 0.29) is 5.69 Å². The first-order valence-corrected chi connectivity index (χ1v) is 7.80. The lowest BCUT2D eigenvalue weighted by Gasteiger charge is -2.10. The number of carbonyl (C=O) groups excluding carboxylic acids is 2. The molecule has 0 bridgehead atoms. The van der Waals surface area contributed by atoms with Gasteiger partial charge in [0.05, 0.1) is 5.56 Å². The largest absolute Gasteiger partial charge is 0.416 e. The Balaban J connectivity index is 2.02. The third-order valence-electron chi connectivity index (χ3n) is 3.11. The zero-order valence-corrected chi connectivity index (χ0v) is 14.5. The van der Waals surface area contributed by atoms with Crippen molar-refractivity contribution in [1.29, 1.82) is 0 Å². The van der Waals surface area contributed by atoms with Crippen LogP contribution < -0.4 is 10.6 Å². The Morgan fingerprint density at radius 2 is 1.54 bits per heavy atom. The summed E-state index contributed by atoms with van der Waals surface area (Å²) in [5.74, 6) is -1.87. The Hall–Kier alpha value is -2.10. The van der Waals surface area contributed by atoms with Crippen LogP contribution in [0.15, 0.2) is 42.5 Å². The number of rotatable bonds is 2. The molecule has 126 valence electrons. The summed E-state index contributed by atoms with van der Waals surface area (Å²) in [6.45, 7) is 1.78. The molecular formula is C16H12F3IN2O2. The van der Waals surface area contributed by atoms with E-state index in [0.717, 1.165) is 33.4 Å². The summed E-state index contributed by atoms with van der Waals surface area (Å²) >= 11 is 2.12. The number of hydrogen-bond acceptors (Lipinski definition) is 2. The Labute approximate surface area is 149 Å². The average molecular weight is 448 g/mol. The van der Waals surface area contributed by atoms with Crippen molar-refractivity contribution in [1.82, 2.24) is 0 Å². The van der Waals surface area contributed by atoms with Gasteiger partial charge < -0.3 is 10.6 Å². The first-order valence-electron chi connectivity index (χ1n) is 6.72. The maximum absolute atomic E-state index is 12.5. The molecule has 0 unspecified atom stereocenters. The summed E-state index contributed by atoms with van der Waals surface area (Å²) in [6.07, 6.45) is -4.46. The molecule has 2 rings (SSSR count). The number of halogens is 4. The maximum atomic E-state index is 12.5. The van der Waals surface area contributed by atoms with Crippen molar-refractivity contribution in [2.24, 2.45) is 0 Å². The van der Waals surface area contributed by atoms with E-state index < -0.39 is 23.6 Å². The van der Waals surface area contributed by atoms with Crippen LogP contribution in [0.2, 0.25) is 0 Å². The lowest BCUT2D eigenvalue weighted by molar-refractivity contribution is -0.137. The number of hydrogen-bond donors (Lipinski definition) is 2. The van der Waals surface area contributed by atoms with Gasteiger partial charge >= 0.3 is 18.0 Å². The second-order valence-electron chi connectivity index (χ2n) is 4.94. The molecule has 0 aliphatic heterocycles. The molecule has 2 aromatic carbocycles. The Kier molecular flexibility index (Phi) is 5.47. The van der Waals surface area contributed by atoms with Gasteiger partial charge in [-0.2, -0.15) is 13.2 Å². The lowest BCUT2D eigenvalue weighted by atomic mass is 10.2. The van der Waals surface area contributed by atoms with E-state index in [0.29, 0.717) is 5.69 Å². The molecule has 0 aliphatic rings. The highest BCUT2D eigenvalue weighted by molar-refractivity contribution is 14.1. The van der Waals surface area contributed by atoms with Crippen molar-refractivity contribution in [2.75, 3.05) is 10.6 Å². The second-order valence-corrected chi connectivity index (χ2v) is 6.19. The number of carbonyl (C=O) groups is 2. The zero-order chi connectivity index (χ0) is 17.9. The first-order chi connectivity index (χ1) is 11.2. The minimum absolute atomic E-state index is 0.0995. The van der Waals surface area contributed by atoms with Gasteiger partial charge in [0, 0.05) is 14.9 Å². The van der Waals surface area contributed by atoms with Crippen LogP contribution in [-0.2, 0) is 15.8 Å². The van der Waals surface area contributed by atoms with Gasteiger partial charge in [-0.15, -0.1) is 0 Å². The van der Waals surface area contributed by atoms with Gasteiger partial charge in [0.15, 0.2) is 0 Å². The topological polar surface area (TPSA) is 58.2 Å². The predicted octanol–water partition coefficient (Wildman–Crippen LogP) is 4.20. The van der Waals surface area contributed by atoms with Crippen molar-refractivity contribution >= 4 is 45.8 Å². The normalized spacial score (nSPS) is 11.0. The van der Waals surface area contributed by atoms with Crippen LogP contribution in [0.3, 0.4) is 0 Å². The fourth-order valence-corrected chi connectivity index (χ4v) is 2.52. The molecule has 0 spiro atoms. The van der Waals surface area contributed by atoms with E-state index in [1.54, 1.807) is 19.1 Å². The molecule has 4 nitrogen and oxygen atoms in total. The van der Waals surface area contributed by atoms with Crippen molar-refractivity contribution in [3.05, 3.63) is 57.2 Å². The fourth-order valence-electron chi connectivity index (χ4n) is 1.88. The third-order valence-corrected chi connectivity index (χ3v) is 3.78. The fraction of sp³-hybridized carbons (Fsp3) is 0.125.